The summed E-state index contributed by atoms with van der Waals surface area (Å²) < 4.78 is 27.4. The van der Waals surface area contributed by atoms with Gasteiger partial charge in [-0.25, -0.2) is 13.6 Å². The molecular formula is C15H14F2N2O2. The smallest absolute Gasteiger partial charge is 0.340 e. The SMILES string of the molecule is CCN(c1ccccc1F)c1ccc(F)c(N)c1C(=O)O. The highest BCUT2D eigenvalue weighted by Gasteiger charge is 2.23. The Kier molecular flexibility index (Phi) is 4.07. The van der Waals surface area contributed by atoms with Crippen molar-refractivity contribution in [1.82, 2.24) is 0 Å². The van der Waals surface area contributed by atoms with E-state index in [2.05, 4.69) is 0 Å². The minimum absolute atomic E-state index is 0.147. The van der Waals surface area contributed by atoms with Crippen LogP contribution in [-0.2, 0) is 0 Å². The van der Waals surface area contributed by atoms with Crippen LogP contribution in [0.15, 0.2) is 36.4 Å². The molecule has 2 rings (SSSR count). The summed E-state index contributed by atoms with van der Waals surface area (Å²) in [6, 6.07) is 8.30. The van der Waals surface area contributed by atoms with E-state index in [0.717, 1.165) is 6.07 Å². The van der Waals surface area contributed by atoms with Gasteiger partial charge in [-0.05, 0) is 31.2 Å². The van der Waals surface area contributed by atoms with Crippen LogP contribution in [0.1, 0.15) is 17.3 Å². The van der Waals surface area contributed by atoms with Crippen molar-refractivity contribution in [2.24, 2.45) is 0 Å². The van der Waals surface area contributed by atoms with Gasteiger partial charge in [0, 0.05) is 6.54 Å². The second-order valence-corrected chi connectivity index (χ2v) is 4.36. The van der Waals surface area contributed by atoms with Crippen LogP contribution in [0.3, 0.4) is 0 Å². The van der Waals surface area contributed by atoms with Crippen LogP contribution in [0.4, 0.5) is 25.8 Å². The number of carboxylic acids is 1. The number of anilines is 3. The monoisotopic (exact) mass is 292 g/mol. The molecule has 0 heterocycles. The molecule has 0 fully saturated rings. The largest absolute Gasteiger partial charge is 0.478 e. The number of rotatable bonds is 4. The first-order valence-corrected chi connectivity index (χ1v) is 6.30. The molecule has 0 aliphatic rings. The molecule has 3 N–H and O–H groups in total. The lowest BCUT2D eigenvalue weighted by Crippen LogP contribution is -2.21. The van der Waals surface area contributed by atoms with Crippen molar-refractivity contribution in [3.8, 4) is 0 Å². The van der Waals surface area contributed by atoms with E-state index >= 15 is 0 Å². The van der Waals surface area contributed by atoms with Crippen LogP contribution in [-0.4, -0.2) is 17.6 Å². The number of aromatic carboxylic acids is 1. The van der Waals surface area contributed by atoms with Gasteiger partial charge in [0.05, 0.1) is 17.1 Å². The molecule has 0 unspecified atom stereocenters. The first-order chi connectivity index (χ1) is 9.97. The summed E-state index contributed by atoms with van der Waals surface area (Å²) in [6.45, 7) is 2.03. The Morgan fingerprint density at radius 1 is 1.14 bits per heavy atom. The lowest BCUT2D eigenvalue weighted by Gasteiger charge is -2.26. The third-order valence-electron chi connectivity index (χ3n) is 3.13. The van der Waals surface area contributed by atoms with E-state index in [1.807, 2.05) is 0 Å². The predicted molar refractivity (Wildman–Crippen MR) is 76.9 cm³/mol. The maximum absolute atomic E-state index is 13.9. The first kappa shape index (κ1) is 14.8. The van der Waals surface area contributed by atoms with Crippen LogP contribution in [0, 0.1) is 11.6 Å². The molecule has 21 heavy (non-hydrogen) atoms. The molecule has 0 aliphatic heterocycles. The van der Waals surface area contributed by atoms with Crippen LogP contribution >= 0.6 is 0 Å². The number of benzene rings is 2. The molecule has 110 valence electrons. The fourth-order valence-corrected chi connectivity index (χ4v) is 2.17. The molecule has 0 aromatic heterocycles. The normalized spacial score (nSPS) is 10.4. The van der Waals surface area contributed by atoms with Crippen LogP contribution in [0.5, 0.6) is 0 Å². The summed E-state index contributed by atoms with van der Waals surface area (Å²) in [7, 11) is 0. The number of carbonyl (C=O) groups is 1. The zero-order valence-electron chi connectivity index (χ0n) is 11.3. The molecule has 6 heteroatoms. The number of carboxylic acid groups (broad SMARTS) is 1. The van der Waals surface area contributed by atoms with Gasteiger partial charge in [0.1, 0.15) is 17.2 Å². The summed E-state index contributed by atoms with van der Waals surface area (Å²) >= 11 is 0. The summed E-state index contributed by atoms with van der Waals surface area (Å²) in [5, 5.41) is 9.26. The zero-order chi connectivity index (χ0) is 15.6. The summed E-state index contributed by atoms with van der Waals surface area (Å²) in [6.07, 6.45) is 0. The standard InChI is InChI=1S/C15H14F2N2O2/c1-2-19(11-6-4-3-5-9(11)16)12-8-7-10(17)14(18)13(12)15(20)21/h3-8H,2,18H2,1H3,(H,20,21). The number of para-hydroxylation sites is 1. The van der Waals surface area contributed by atoms with Crippen LogP contribution in [0.25, 0.3) is 0 Å². The Morgan fingerprint density at radius 2 is 1.81 bits per heavy atom. The minimum atomic E-state index is -1.36. The Morgan fingerprint density at radius 3 is 2.38 bits per heavy atom. The average molecular weight is 292 g/mol. The topological polar surface area (TPSA) is 66.6 Å². The fraction of sp³-hybridized carbons (Fsp3) is 0.133. The van der Waals surface area contributed by atoms with Gasteiger partial charge < -0.3 is 15.7 Å². The van der Waals surface area contributed by atoms with E-state index in [9.17, 15) is 18.7 Å². The third-order valence-corrected chi connectivity index (χ3v) is 3.13. The Labute approximate surface area is 120 Å². The summed E-state index contributed by atoms with van der Waals surface area (Å²) in [4.78, 5) is 12.8. The third kappa shape index (κ3) is 2.65. The van der Waals surface area contributed by atoms with Gasteiger partial charge in [-0.2, -0.15) is 0 Å². The van der Waals surface area contributed by atoms with Gasteiger partial charge in [-0.3, -0.25) is 0 Å². The fourth-order valence-electron chi connectivity index (χ4n) is 2.17. The lowest BCUT2D eigenvalue weighted by molar-refractivity contribution is 0.0698. The Hall–Kier alpha value is -2.63. The first-order valence-electron chi connectivity index (χ1n) is 6.30. The molecule has 0 atom stereocenters. The molecule has 4 nitrogen and oxygen atoms in total. The highest BCUT2D eigenvalue weighted by molar-refractivity contribution is 6.01. The molecule has 0 aliphatic carbocycles. The van der Waals surface area contributed by atoms with E-state index < -0.39 is 23.3 Å². The van der Waals surface area contributed by atoms with E-state index in [0.29, 0.717) is 6.54 Å². The predicted octanol–water partition coefficient (Wildman–Crippen LogP) is 3.40. The van der Waals surface area contributed by atoms with Gasteiger partial charge in [-0.1, -0.05) is 12.1 Å². The van der Waals surface area contributed by atoms with Crippen molar-refractivity contribution in [3.05, 3.63) is 53.6 Å². The van der Waals surface area contributed by atoms with Crippen molar-refractivity contribution in [2.75, 3.05) is 17.2 Å². The second kappa shape index (κ2) is 5.78. The number of nitrogen functional groups attached to an aromatic ring is 1. The van der Waals surface area contributed by atoms with Crippen LogP contribution in [0.2, 0.25) is 0 Å². The lowest BCUT2D eigenvalue weighted by atomic mass is 10.1. The van der Waals surface area contributed by atoms with Crippen molar-refractivity contribution >= 4 is 23.0 Å². The van der Waals surface area contributed by atoms with E-state index in [1.54, 1.807) is 13.0 Å². The average Bonchev–Trinajstić information content (AvgIpc) is 2.45. The molecule has 0 radical (unpaired) electrons. The molecule has 0 amide bonds. The zero-order valence-corrected chi connectivity index (χ0v) is 11.3. The van der Waals surface area contributed by atoms with E-state index in [1.165, 1.54) is 29.2 Å². The number of nitrogens with zero attached hydrogens (tertiary/aromatic N) is 1. The van der Waals surface area contributed by atoms with Crippen molar-refractivity contribution in [3.63, 3.8) is 0 Å². The molecular weight excluding hydrogens is 278 g/mol. The highest BCUT2D eigenvalue weighted by atomic mass is 19.1. The number of nitrogens with two attached hydrogens (primary N) is 1. The van der Waals surface area contributed by atoms with Crippen molar-refractivity contribution in [2.45, 2.75) is 6.92 Å². The quantitative estimate of drug-likeness (QED) is 0.848. The second-order valence-electron chi connectivity index (χ2n) is 4.36. The molecule has 0 saturated heterocycles. The number of hydrogen-bond acceptors (Lipinski definition) is 3. The molecule has 0 spiro atoms. The summed E-state index contributed by atoms with van der Waals surface area (Å²) in [5.74, 6) is -2.68. The maximum Gasteiger partial charge on any atom is 0.340 e. The van der Waals surface area contributed by atoms with Gasteiger partial charge in [0.25, 0.3) is 0 Å². The van der Waals surface area contributed by atoms with Gasteiger partial charge >= 0.3 is 5.97 Å². The highest BCUT2D eigenvalue weighted by Crippen LogP contribution is 2.34. The summed E-state index contributed by atoms with van der Waals surface area (Å²) in [5.41, 5.74) is 5.03. The maximum atomic E-state index is 13.9. The van der Waals surface area contributed by atoms with Gasteiger partial charge in [0.15, 0.2) is 0 Å². The Bertz CT molecular complexity index is 689. The van der Waals surface area contributed by atoms with E-state index in [4.69, 9.17) is 5.73 Å². The Balaban J connectivity index is 2.67. The van der Waals surface area contributed by atoms with Gasteiger partial charge in [0.2, 0.25) is 0 Å². The molecule has 2 aromatic carbocycles. The van der Waals surface area contributed by atoms with Crippen molar-refractivity contribution < 1.29 is 18.7 Å². The van der Waals surface area contributed by atoms with Crippen LogP contribution < -0.4 is 10.6 Å². The van der Waals surface area contributed by atoms with Gasteiger partial charge in [-0.15, -0.1) is 0 Å². The molecule has 2 aromatic rings. The van der Waals surface area contributed by atoms with E-state index in [-0.39, 0.29) is 16.9 Å². The number of halogens is 2. The number of hydrogen-bond donors (Lipinski definition) is 2. The van der Waals surface area contributed by atoms with Crippen molar-refractivity contribution in [1.29, 1.82) is 0 Å². The minimum Gasteiger partial charge on any atom is -0.478 e. The molecule has 0 saturated carbocycles. The molecule has 0 bridgehead atoms.